The van der Waals surface area contributed by atoms with Crippen LogP contribution in [0.1, 0.15) is 39.6 Å². The van der Waals surface area contributed by atoms with Gasteiger partial charge >= 0.3 is 0 Å². The topological polar surface area (TPSA) is 61.0 Å². The maximum Gasteiger partial charge on any atom is 0.274 e. The predicted molar refractivity (Wildman–Crippen MR) is 78.8 cm³/mol. The lowest BCUT2D eigenvalue weighted by molar-refractivity contribution is 0.0737. The molecule has 5 nitrogen and oxygen atoms in total. The molecule has 2 aromatic heterocycles. The van der Waals surface area contributed by atoms with Crippen molar-refractivity contribution in [3.05, 3.63) is 39.3 Å². The molecule has 0 bridgehead atoms. The summed E-state index contributed by atoms with van der Waals surface area (Å²) < 4.78 is 0. The number of fused-ring (bicyclic) bond motifs is 1. The van der Waals surface area contributed by atoms with E-state index in [1.165, 1.54) is 4.88 Å². The van der Waals surface area contributed by atoms with Crippen molar-refractivity contribution < 1.29 is 4.79 Å². The first-order chi connectivity index (χ1) is 9.68. The molecule has 3 rings (SSSR count). The van der Waals surface area contributed by atoms with Crippen LogP contribution in [-0.2, 0) is 13.0 Å². The van der Waals surface area contributed by atoms with Gasteiger partial charge in [0.25, 0.3) is 5.91 Å². The van der Waals surface area contributed by atoms with E-state index < -0.39 is 0 Å². The van der Waals surface area contributed by atoms with Gasteiger partial charge in [0, 0.05) is 42.7 Å². The van der Waals surface area contributed by atoms with Gasteiger partial charge in [-0.2, -0.15) is 5.10 Å². The molecule has 0 aliphatic carbocycles. The number of nitrogens with zero attached hydrogens (tertiary/aromatic N) is 2. The summed E-state index contributed by atoms with van der Waals surface area (Å²) >= 11 is 1.67. The molecule has 0 aromatic carbocycles. The summed E-state index contributed by atoms with van der Waals surface area (Å²) in [5.41, 5.74) is 2.66. The number of carbonyl (C=O) groups excluding carboxylic acids is 1. The van der Waals surface area contributed by atoms with E-state index >= 15 is 0 Å². The molecule has 1 unspecified atom stereocenters. The summed E-state index contributed by atoms with van der Waals surface area (Å²) in [6.45, 7) is 3.69. The summed E-state index contributed by atoms with van der Waals surface area (Å²) in [4.78, 5) is 15.6. The molecule has 1 amide bonds. The Morgan fingerprint density at radius 3 is 3.15 bits per heavy atom. The first-order valence-corrected chi connectivity index (χ1v) is 7.64. The van der Waals surface area contributed by atoms with Crippen molar-refractivity contribution in [3.63, 3.8) is 0 Å². The Kier molecular flexibility index (Phi) is 3.58. The quantitative estimate of drug-likeness (QED) is 0.908. The van der Waals surface area contributed by atoms with Gasteiger partial charge < -0.3 is 10.2 Å². The first-order valence-electron chi connectivity index (χ1n) is 6.76. The molecular weight excluding hydrogens is 272 g/mol. The minimum atomic E-state index is -0.0212. The molecule has 20 heavy (non-hydrogen) atoms. The van der Waals surface area contributed by atoms with Crippen LogP contribution in [0.15, 0.2) is 17.5 Å². The van der Waals surface area contributed by atoms with Gasteiger partial charge in [-0.05, 0) is 18.4 Å². The standard InChI is InChI=1S/C14H18N4OS/c1-9(12-4-3-7-20-12)18(2)14(19)13-10-8-15-6-5-11(10)16-17-13/h3-4,7,9,15H,5-6,8H2,1-2H3,(H,16,17). The molecular formula is C14H18N4OS. The number of nitrogens with one attached hydrogen (secondary N) is 2. The van der Waals surface area contributed by atoms with Crippen LogP contribution in [0.25, 0.3) is 0 Å². The number of hydrogen-bond donors (Lipinski definition) is 2. The summed E-state index contributed by atoms with van der Waals surface area (Å²) in [7, 11) is 1.84. The average Bonchev–Trinajstić information content (AvgIpc) is 3.14. The van der Waals surface area contributed by atoms with Crippen LogP contribution < -0.4 is 5.32 Å². The van der Waals surface area contributed by atoms with Crippen LogP contribution in [0.2, 0.25) is 0 Å². The normalized spacial score (nSPS) is 15.7. The molecule has 0 fully saturated rings. The first kappa shape index (κ1) is 13.3. The van der Waals surface area contributed by atoms with Crippen LogP contribution in [0, 0.1) is 0 Å². The third-order valence-electron chi connectivity index (χ3n) is 3.87. The lowest BCUT2D eigenvalue weighted by Gasteiger charge is -2.24. The van der Waals surface area contributed by atoms with E-state index in [9.17, 15) is 4.79 Å². The molecule has 6 heteroatoms. The van der Waals surface area contributed by atoms with Gasteiger partial charge in [0.2, 0.25) is 0 Å². The molecule has 0 spiro atoms. The highest BCUT2D eigenvalue weighted by atomic mass is 32.1. The van der Waals surface area contributed by atoms with Crippen LogP contribution >= 0.6 is 11.3 Å². The fourth-order valence-corrected chi connectivity index (χ4v) is 3.29. The molecule has 106 valence electrons. The van der Waals surface area contributed by atoms with E-state index in [4.69, 9.17) is 0 Å². The second kappa shape index (κ2) is 5.38. The van der Waals surface area contributed by atoms with E-state index in [0.717, 1.165) is 24.2 Å². The molecule has 0 radical (unpaired) electrons. The molecule has 1 aliphatic rings. The highest BCUT2D eigenvalue weighted by molar-refractivity contribution is 7.10. The smallest absolute Gasteiger partial charge is 0.274 e. The number of rotatable bonds is 3. The molecule has 2 N–H and O–H groups in total. The molecule has 0 saturated carbocycles. The number of aromatic nitrogens is 2. The lowest BCUT2D eigenvalue weighted by Crippen LogP contribution is -2.31. The third-order valence-corrected chi connectivity index (χ3v) is 4.91. The van der Waals surface area contributed by atoms with Gasteiger partial charge in [0.15, 0.2) is 5.69 Å². The van der Waals surface area contributed by atoms with Crippen molar-refractivity contribution in [2.24, 2.45) is 0 Å². The Morgan fingerprint density at radius 2 is 2.40 bits per heavy atom. The predicted octanol–water partition coefficient (Wildman–Crippen LogP) is 1.95. The van der Waals surface area contributed by atoms with E-state index in [1.54, 1.807) is 16.2 Å². The van der Waals surface area contributed by atoms with Crippen molar-refractivity contribution in [1.29, 1.82) is 0 Å². The van der Waals surface area contributed by atoms with Crippen LogP contribution in [0.3, 0.4) is 0 Å². The fraction of sp³-hybridized carbons (Fsp3) is 0.429. The number of thiophene rings is 1. The zero-order chi connectivity index (χ0) is 14.1. The Bertz CT molecular complexity index is 605. The van der Waals surface area contributed by atoms with Crippen LogP contribution in [0.4, 0.5) is 0 Å². The highest BCUT2D eigenvalue weighted by Gasteiger charge is 2.26. The van der Waals surface area contributed by atoms with Crippen molar-refractivity contribution in [1.82, 2.24) is 20.4 Å². The Balaban J connectivity index is 1.83. The van der Waals surface area contributed by atoms with Gasteiger partial charge in [-0.3, -0.25) is 9.89 Å². The van der Waals surface area contributed by atoms with Crippen molar-refractivity contribution in [3.8, 4) is 0 Å². The van der Waals surface area contributed by atoms with E-state index in [2.05, 4.69) is 21.6 Å². The van der Waals surface area contributed by atoms with Gasteiger partial charge in [0.05, 0.1) is 6.04 Å². The number of amides is 1. The summed E-state index contributed by atoms with van der Waals surface area (Å²) in [5, 5.41) is 12.6. The van der Waals surface area contributed by atoms with Gasteiger partial charge in [-0.1, -0.05) is 6.07 Å². The summed E-state index contributed by atoms with van der Waals surface area (Å²) in [6, 6.07) is 4.13. The number of carbonyl (C=O) groups is 1. The van der Waals surface area contributed by atoms with Crippen LogP contribution in [0.5, 0.6) is 0 Å². The number of hydrogen-bond acceptors (Lipinski definition) is 4. The van der Waals surface area contributed by atoms with E-state index in [1.807, 2.05) is 25.4 Å². The van der Waals surface area contributed by atoms with Crippen molar-refractivity contribution in [2.75, 3.05) is 13.6 Å². The molecule has 1 atom stereocenters. The molecule has 2 aromatic rings. The van der Waals surface area contributed by atoms with E-state index in [-0.39, 0.29) is 11.9 Å². The minimum absolute atomic E-state index is 0.0212. The average molecular weight is 290 g/mol. The SMILES string of the molecule is CC(c1cccs1)N(C)C(=O)c1n[nH]c2c1CNCC2. The van der Waals surface area contributed by atoms with Crippen molar-refractivity contribution >= 4 is 17.2 Å². The largest absolute Gasteiger partial charge is 0.333 e. The number of aromatic amines is 1. The highest BCUT2D eigenvalue weighted by Crippen LogP contribution is 2.26. The van der Waals surface area contributed by atoms with Gasteiger partial charge in [-0.15, -0.1) is 11.3 Å². The Hall–Kier alpha value is -1.66. The lowest BCUT2D eigenvalue weighted by atomic mass is 10.1. The maximum absolute atomic E-state index is 12.6. The van der Waals surface area contributed by atoms with Crippen molar-refractivity contribution in [2.45, 2.75) is 25.9 Å². The van der Waals surface area contributed by atoms with E-state index in [0.29, 0.717) is 12.2 Å². The molecule has 1 aliphatic heterocycles. The summed E-state index contributed by atoms with van der Waals surface area (Å²) in [6.07, 6.45) is 0.903. The zero-order valence-corrected chi connectivity index (χ0v) is 12.5. The Morgan fingerprint density at radius 1 is 1.55 bits per heavy atom. The Labute approximate surface area is 122 Å². The fourth-order valence-electron chi connectivity index (χ4n) is 2.46. The minimum Gasteiger partial charge on any atom is -0.333 e. The maximum atomic E-state index is 12.6. The monoisotopic (exact) mass is 290 g/mol. The second-order valence-electron chi connectivity index (χ2n) is 5.06. The third kappa shape index (κ3) is 2.25. The molecule has 0 saturated heterocycles. The van der Waals surface area contributed by atoms with Gasteiger partial charge in [-0.25, -0.2) is 0 Å². The number of H-pyrrole nitrogens is 1. The summed E-state index contributed by atoms with van der Waals surface area (Å²) in [5.74, 6) is -0.0212. The second-order valence-corrected chi connectivity index (χ2v) is 6.04. The molecule has 3 heterocycles. The zero-order valence-electron chi connectivity index (χ0n) is 11.6. The van der Waals surface area contributed by atoms with Crippen LogP contribution in [-0.4, -0.2) is 34.6 Å². The van der Waals surface area contributed by atoms with Gasteiger partial charge in [0.1, 0.15) is 0 Å².